The standard InChI is InChI=1S/C20H19N3O2S2/c1-3-10-23-19(24)14-7-4-5-8-15(14)22-20(23)27-12-16-13(2)25-18(21-16)17-9-6-11-26-17/h4-9,11H,3,10,12H2,1-2H3. The number of hydrogen-bond donors (Lipinski definition) is 0. The number of aryl methyl sites for hydroxylation is 1. The maximum atomic E-state index is 12.9. The van der Waals surface area contributed by atoms with E-state index in [2.05, 4.69) is 11.9 Å². The number of oxazole rings is 1. The summed E-state index contributed by atoms with van der Waals surface area (Å²) in [5.41, 5.74) is 1.63. The molecule has 0 bridgehead atoms. The maximum Gasteiger partial charge on any atom is 0.262 e. The average Bonchev–Trinajstić information content (AvgIpc) is 3.32. The van der Waals surface area contributed by atoms with E-state index in [0.29, 0.717) is 23.6 Å². The minimum absolute atomic E-state index is 0.0149. The lowest BCUT2D eigenvalue weighted by molar-refractivity contribution is 0.542. The number of benzene rings is 1. The molecule has 0 fully saturated rings. The van der Waals surface area contributed by atoms with E-state index in [0.717, 1.165) is 33.4 Å². The molecule has 1 aromatic carbocycles. The van der Waals surface area contributed by atoms with Gasteiger partial charge in [-0.05, 0) is 36.9 Å². The van der Waals surface area contributed by atoms with Gasteiger partial charge in [0.2, 0.25) is 5.89 Å². The average molecular weight is 398 g/mol. The largest absolute Gasteiger partial charge is 0.440 e. The highest BCUT2D eigenvalue weighted by atomic mass is 32.2. The van der Waals surface area contributed by atoms with Gasteiger partial charge < -0.3 is 4.42 Å². The second-order valence-electron chi connectivity index (χ2n) is 6.16. The molecule has 5 nitrogen and oxygen atoms in total. The molecule has 0 saturated heterocycles. The van der Waals surface area contributed by atoms with Gasteiger partial charge in [0.05, 0.1) is 21.5 Å². The van der Waals surface area contributed by atoms with Crippen LogP contribution in [-0.4, -0.2) is 14.5 Å². The van der Waals surface area contributed by atoms with Crippen LogP contribution in [0, 0.1) is 6.92 Å². The van der Waals surface area contributed by atoms with Gasteiger partial charge >= 0.3 is 0 Å². The van der Waals surface area contributed by atoms with E-state index in [9.17, 15) is 4.79 Å². The molecule has 0 saturated carbocycles. The van der Waals surface area contributed by atoms with Crippen LogP contribution in [-0.2, 0) is 12.3 Å². The van der Waals surface area contributed by atoms with Crippen LogP contribution in [0.1, 0.15) is 24.8 Å². The first kappa shape index (κ1) is 18.0. The number of aromatic nitrogens is 3. The molecule has 0 aliphatic carbocycles. The van der Waals surface area contributed by atoms with Crippen molar-refractivity contribution < 1.29 is 4.42 Å². The van der Waals surface area contributed by atoms with Crippen LogP contribution in [0.4, 0.5) is 0 Å². The van der Waals surface area contributed by atoms with Crippen molar-refractivity contribution in [3.63, 3.8) is 0 Å². The SMILES string of the molecule is CCCn1c(SCc2nc(-c3cccs3)oc2C)nc2ccccc2c1=O. The molecule has 0 unspecified atom stereocenters. The molecule has 0 N–H and O–H groups in total. The number of fused-ring (bicyclic) bond motifs is 1. The third kappa shape index (κ3) is 3.57. The topological polar surface area (TPSA) is 60.9 Å². The number of para-hydroxylation sites is 1. The van der Waals surface area contributed by atoms with Crippen molar-refractivity contribution in [1.29, 1.82) is 0 Å². The van der Waals surface area contributed by atoms with Crippen LogP contribution >= 0.6 is 23.1 Å². The molecule has 3 aromatic heterocycles. The maximum absolute atomic E-state index is 12.9. The van der Waals surface area contributed by atoms with Crippen LogP contribution in [0.25, 0.3) is 21.7 Å². The summed E-state index contributed by atoms with van der Waals surface area (Å²) in [7, 11) is 0. The van der Waals surface area contributed by atoms with Gasteiger partial charge in [0, 0.05) is 12.3 Å². The van der Waals surface area contributed by atoms with Crippen molar-refractivity contribution in [1.82, 2.24) is 14.5 Å². The molecule has 27 heavy (non-hydrogen) atoms. The van der Waals surface area contributed by atoms with Crippen molar-refractivity contribution >= 4 is 34.0 Å². The predicted octanol–water partition coefficient (Wildman–Crippen LogP) is 5.12. The van der Waals surface area contributed by atoms with E-state index in [1.54, 1.807) is 15.9 Å². The Balaban J connectivity index is 1.66. The number of hydrogen-bond acceptors (Lipinski definition) is 6. The Morgan fingerprint density at radius 2 is 2.04 bits per heavy atom. The van der Waals surface area contributed by atoms with Crippen LogP contribution in [0.15, 0.2) is 56.1 Å². The summed E-state index contributed by atoms with van der Waals surface area (Å²) < 4.78 is 7.58. The highest BCUT2D eigenvalue weighted by Crippen LogP contribution is 2.29. The zero-order valence-corrected chi connectivity index (χ0v) is 16.8. The van der Waals surface area contributed by atoms with Gasteiger partial charge in [-0.3, -0.25) is 9.36 Å². The fourth-order valence-electron chi connectivity index (χ4n) is 2.88. The highest BCUT2D eigenvalue weighted by molar-refractivity contribution is 7.98. The van der Waals surface area contributed by atoms with E-state index in [4.69, 9.17) is 9.40 Å². The van der Waals surface area contributed by atoms with Crippen molar-refractivity contribution in [3.8, 4) is 10.8 Å². The molecule has 4 aromatic rings. The molecule has 138 valence electrons. The molecule has 0 amide bonds. The third-order valence-electron chi connectivity index (χ3n) is 4.24. The Morgan fingerprint density at radius 3 is 2.81 bits per heavy atom. The molecule has 0 spiro atoms. The smallest absolute Gasteiger partial charge is 0.262 e. The summed E-state index contributed by atoms with van der Waals surface area (Å²) in [6.45, 7) is 4.63. The van der Waals surface area contributed by atoms with Gasteiger partial charge in [-0.25, -0.2) is 9.97 Å². The first-order valence-corrected chi connectivity index (χ1v) is 10.7. The number of rotatable bonds is 6. The Bertz CT molecular complexity index is 1130. The van der Waals surface area contributed by atoms with Gasteiger partial charge in [0.15, 0.2) is 5.16 Å². The second-order valence-corrected chi connectivity index (χ2v) is 8.05. The van der Waals surface area contributed by atoms with E-state index >= 15 is 0 Å². The van der Waals surface area contributed by atoms with Crippen molar-refractivity contribution in [3.05, 3.63) is 63.6 Å². The second kappa shape index (κ2) is 7.70. The van der Waals surface area contributed by atoms with Gasteiger partial charge in [-0.2, -0.15) is 0 Å². The van der Waals surface area contributed by atoms with E-state index in [1.807, 2.05) is 48.7 Å². The monoisotopic (exact) mass is 397 g/mol. The summed E-state index contributed by atoms with van der Waals surface area (Å²) >= 11 is 3.13. The fourth-order valence-corrected chi connectivity index (χ4v) is 4.55. The zero-order valence-electron chi connectivity index (χ0n) is 15.1. The summed E-state index contributed by atoms with van der Waals surface area (Å²) in [5, 5.41) is 3.39. The molecule has 0 aliphatic rings. The van der Waals surface area contributed by atoms with Gasteiger partial charge in [0.25, 0.3) is 5.56 Å². The normalized spacial score (nSPS) is 11.3. The first-order chi connectivity index (χ1) is 13.2. The number of thioether (sulfide) groups is 1. The van der Waals surface area contributed by atoms with Gasteiger partial charge in [-0.1, -0.05) is 36.9 Å². The Morgan fingerprint density at radius 1 is 1.19 bits per heavy atom. The summed E-state index contributed by atoms with van der Waals surface area (Å²) in [5.74, 6) is 2.06. The summed E-state index contributed by atoms with van der Waals surface area (Å²) in [6.07, 6.45) is 0.874. The lowest BCUT2D eigenvalue weighted by Crippen LogP contribution is -2.23. The Hall–Kier alpha value is -2.38. The van der Waals surface area contributed by atoms with Crippen LogP contribution in [0.5, 0.6) is 0 Å². The molecule has 7 heteroatoms. The zero-order chi connectivity index (χ0) is 18.8. The predicted molar refractivity (Wildman–Crippen MR) is 110 cm³/mol. The Kier molecular flexibility index (Phi) is 5.13. The van der Waals surface area contributed by atoms with E-state index in [-0.39, 0.29) is 5.56 Å². The minimum atomic E-state index is 0.0149. The van der Waals surface area contributed by atoms with Crippen molar-refractivity contribution in [2.45, 2.75) is 37.7 Å². The van der Waals surface area contributed by atoms with E-state index in [1.165, 1.54) is 11.8 Å². The molecule has 3 heterocycles. The molecular formula is C20H19N3O2S2. The Labute approximate surface area is 165 Å². The van der Waals surface area contributed by atoms with Crippen molar-refractivity contribution in [2.75, 3.05) is 0 Å². The van der Waals surface area contributed by atoms with E-state index < -0.39 is 0 Å². The molecule has 0 atom stereocenters. The first-order valence-electron chi connectivity index (χ1n) is 8.80. The number of nitrogens with zero attached hydrogens (tertiary/aromatic N) is 3. The minimum Gasteiger partial charge on any atom is -0.440 e. The molecular weight excluding hydrogens is 378 g/mol. The van der Waals surface area contributed by atoms with Crippen LogP contribution in [0.3, 0.4) is 0 Å². The lowest BCUT2D eigenvalue weighted by atomic mass is 10.2. The lowest BCUT2D eigenvalue weighted by Gasteiger charge is -2.11. The highest BCUT2D eigenvalue weighted by Gasteiger charge is 2.15. The third-order valence-corrected chi connectivity index (χ3v) is 6.08. The summed E-state index contributed by atoms with van der Waals surface area (Å²) in [4.78, 5) is 23.2. The molecule has 4 rings (SSSR count). The van der Waals surface area contributed by atoms with Gasteiger partial charge in [0.1, 0.15) is 5.76 Å². The van der Waals surface area contributed by atoms with Gasteiger partial charge in [-0.15, -0.1) is 11.3 Å². The fraction of sp³-hybridized carbons (Fsp3) is 0.250. The quantitative estimate of drug-likeness (QED) is 0.334. The summed E-state index contributed by atoms with van der Waals surface area (Å²) in [6, 6.07) is 11.5. The van der Waals surface area contributed by atoms with Crippen LogP contribution in [0.2, 0.25) is 0 Å². The molecule has 0 aliphatic heterocycles. The number of thiophene rings is 1. The van der Waals surface area contributed by atoms with Crippen LogP contribution < -0.4 is 5.56 Å². The van der Waals surface area contributed by atoms with Crippen molar-refractivity contribution in [2.24, 2.45) is 0 Å². The molecule has 0 radical (unpaired) electrons.